The Morgan fingerprint density at radius 3 is 2.21 bits per heavy atom. The summed E-state index contributed by atoms with van der Waals surface area (Å²) in [5.41, 5.74) is -3.13. The van der Waals surface area contributed by atoms with Crippen LogP contribution in [0.2, 0.25) is 0 Å². The van der Waals surface area contributed by atoms with E-state index in [1.807, 2.05) is 12.1 Å². The summed E-state index contributed by atoms with van der Waals surface area (Å²) in [5.74, 6) is 0. The van der Waals surface area contributed by atoms with Crippen molar-refractivity contribution in [2.75, 3.05) is 6.61 Å². The van der Waals surface area contributed by atoms with Crippen LogP contribution in [-0.4, -0.2) is 25.0 Å². The van der Waals surface area contributed by atoms with E-state index < -0.39 is 53.5 Å². The van der Waals surface area contributed by atoms with Crippen LogP contribution in [0.3, 0.4) is 0 Å². The van der Waals surface area contributed by atoms with Crippen LogP contribution in [0.5, 0.6) is 0 Å². The quantitative estimate of drug-likeness (QED) is 0.591. The topological polar surface area (TPSA) is 59.6 Å². The Morgan fingerprint density at radius 1 is 1.06 bits per heavy atom. The number of hydrogen-bond acceptors (Lipinski definition) is 4. The van der Waals surface area contributed by atoms with Gasteiger partial charge in [-0.15, -0.1) is 0 Å². The highest BCUT2D eigenvalue weighted by atomic mass is 19.4. The highest BCUT2D eigenvalue weighted by Crippen LogP contribution is 2.40. The van der Waals surface area contributed by atoms with E-state index in [1.54, 1.807) is 18.2 Å². The number of amides is 1. The van der Waals surface area contributed by atoms with Crippen LogP contribution in [0.4, 0.5) is 31.1 Å². The van der Waals surface area contributed by atoms with Gasteiger partial charge in [0.15, 0.2) is 0 Å². The highest BCUT2D eigenvalue weighted by Gasteiger charge is 2.52. The third-order valence-electron chi connectivity index (χ3n) is 5.87. The normalized spacial score (nSPS) is 26.0. The molecule has 4 atom stereocenters. The number of carbonyl (C=O) groups is 1. The van der Waals surface area contributed by atoms with Gasteiger partial charge in [0.05, 0.1) is 29.4 Å². The predicted molar refractivity (Wildman–Crippen MR) is 104 cm³/mol. The average molecular weight is 474 g/mol. The number of benzene rings is 2. The van der Waals surface area contributed by atoms with E-state index in [9.17, 15) is 31.1 Å². The Bertz CT molecular complexity index is 977. The Morgan fingerprint density at radius 2 is 1.67 bits per heavy atom. The smallest absolute Gasteiger partial charge is 0.416 e. The van der Waals surface area contributed by atoms with Gasteiger partial charge in [0.2, 0.25) is 0 Å². The Balaban J connectivity index is 1.60. The fraction of sp³-hybridized carbons (Fsp3) is 0.409. The van der Waals surface area contributed by atoms with Crippen molar-refractivity contribution in [2.24, 2.45) is 0 Å². The van der Waals surface area contributed by atoms with Crippen molar-refractivity contribution in [3.63, 3.8) is 0 Å². The average Bonchev–Trinajstić information content (AvgIpc) is 3.26. The molecule has 0 radical (unpaired) electrons. The van der Waals surface area contributed by atoms with Crippen LogP contribution in [0.15, 0.2) is 48.5 Å². The molecule has 178 valence electrons. The zero-order valence-electron chi connectivity index (χ0n) is 17.3. The molecule has 2 aromatic carbocycles. The van der Waals surface area contributed by atoms with Crippen LogP contribution >= 0.6 is 0 Å². The molecule has 0 bridgehead atoms. The Hall–Kier alpha value is -2.79. The van der Waals surface area contributed by atoms with Gasteiger partial charge in [-0.1, -0.05) is 30.3 Å². The van der Waals surface area contributed by atoms with E-state index in [-0.39, 0.29) is 18.2 Å². The van der Waals surface area contributed by atoms with Crippen LogP contribution in [-0.2, 0) is 27.4 Å². The molecule has 5 nitrogen and oxygen atoms in total. The largest absolute Gasteiger partial charge is 0.442 e. The zero-order valence-corrected chi connectivity index (χ0v) is 17.3. The summed E-state index contributed by atoms with van der Waals surface area (Å²) in [5, 5.41) is 5.88. The number of rotatable bonds is 5. The van der Waals surface area contributed by atoms with Gasteiger partial charge in [0, 0.05) is 6.42 Å². The molecule has 4 rings (SSSR count). The summed E-state index contributed by atoms with van der Waals surface area (Å²) in [7, 11) is 0. The van der Waals surface area contributed by atoms with Gasteiger partial charge in [-0.25, -0.2) is 4.79 Å². The standard InChI is InChI=1S/C22H20F6N2O3/c1-12(13-7-15(21(23,24)25)9-16(8-13)22(26,27)28)32-11-20(14-5-3-2-4-6-14)10-17-18(30-20)29-19(31)33-17/h2-9,12,17-18,30H,10-11H2,1H3,(H,29,31)/t12-,17-,18?,20-/m1/s1. The lowest BCUT2D eigenvalue weighted by atomic mass is 9.88. The third-order valence-corrected chi connectivity index (χ3v) is 5.87. The van der Waals surface area contributed by atoms with Gasteiger partial charge in [-0.3, -0.25) is 5.32 Å². The van der Waals surface area contributed by atoms with Crippen molar-refractivity contribution >= 4 is 6.09 Å². The lowest BCUT2D eigenvalue weighted by molar-refractivity contribution is -0.143. The Labute approximate surface area is 185 Å². The molecule has 0 spiro atoms. The van der Waals surface area contributed by atoms with Crippen molar-refractivity contribution < 1.29 is 40.6 Å². The maximum Gasteiger partial charge on any atom is 0.416 e. The third kappa shape index (κ3) is 4.79. The minimum Gasteiger partial charge on any atom is -0.442 e. The molecule has 2 saturated heterocycles. The summed E-state index contributed by atoms with van der Waals surface area (Å²) >= 11 is 0. The monoisotopic (exact) mass is 474 g/mol. The van der Waals surface area contributed by atoms with E-state index in [0.29, 0.717) is 18.6 Å². The van der Waals surface area contributed by atoms with Gasteiger partial charge in [-0.05, 0) is 36.2 Å². The number of alkyl carbamates (subject to hydrolysis) is 1. The predicted octanol–water partition coefficient (Wildman–Crippen LogP) is 5.13. The second kappa shape index (κ2) is 8.21. The van der Waals surface area contributed by atoms with Gasteiger partial charge in [0.25, 0.3) is 0 Å². The highest BCUT2D eigenvalue weighted by molar-refractivity contribution is 5.70. The van der Waals surface area contributed by atoms with Gasteiger partial charge in [0.1, 0.15) is 12.3 Å². The minimum absolute atomic E-state index is 0.0813. The van der Waals surface area contributed by atoms with Crippen LogP contribution in [0.1, 0.15) is 41.7 Å². The first-order chi connectivity index (χ1) is 15.4. The number of halogens is 6. The first kappa shape index (κ1) is 23.4. The molecule has 2 N–H and O–H groups in total. The molecule has 2 aromatic rings. The molecule has 2 aliphatic rings. The molecule has 11 heteroatoms. The van der Waals surface area contributed by atoms with Crippen LogP contribution < -0.4 is 10.6 Å². The number of ether oxygens (including phenoxy) is 2. The molecule has 2 fully saturated rings. The van der Waals surface area contributed by atoms with Gasteiger partial charge >= 0.3 is 18.4 Å². The zero-order chi connectivity index (χ0) is 24.0. The fourth-order valence-corrected chi connectivity index (χ4v) is 4.17. The lowest BCUT2D eigenvalue weighted by Gasteiger charge is -2.32. The first-order valence-electron chi connectivity index (χ1n) is 10.1. The van der Waals surface area contributed by atoms with Crippen molar-refractivity contribution in [1.29, 1.82) is 0 Å². The van der Waals surface area contributed by atoms with Crippen molar-refractivity contribution in [3.05, 3.63) is 70.8 Å². The number of hydrogen-bond donors (Lipinski definition) is 2. The molecule has 0 saturated carbocycles. The summed E-state index contributed by atoms with van der Waals surface area (Å²) in [6.45, 7) is 1.31. The number of fused-ring (bicyclic) bond motifs is 1. The molecule has 0 aromatic heterocycles. The number of alkyl halides is 6. The minimum atomic E-state index is -4.94. The van der Waals surface area contributed by atoms with Gasteiger partial charge < -0.3 is 14.8 Å². The maximum absolute atomic E-state index is 13.2. The Kier molecular flexibility index (Phi) is 5.81. The lowest BCUT2D eigenvalue weighted by Crippen LogP contribution is -2.49. The van der Waals surface area contributed by atoms with E-state index in [2.05, 4.69) is 10.6 Å². The summed E-state index contributed by atoms with van der Waals surface area (Å²) < 4.78 is 90.3. The second-order valence-corrected chi connectivity index (χ2v) is 8.15. The van der Waals surface area contributed by atoms with E-state index in [1.165, 1.54) is 6.92 Å². The summed E-state index contributed by atoms with van der Waals surface area (Å²) in [6, 6.07) is 10.4. The van der Waals surface area contributed by atoms with E-state index >= 15 is 0 Å². The molecular formula is C22H20F6N2O3. The maximum atomic E-state index is 13.2. The van der Waals surface area contributed by atoms with Crippen LogP contribution in [0, 0.1) is 0 Å². The van der Waals surface area contributed by atoms with Crippen molar-refractivity contribution in [3.8, 4) is 0 Å². The van der Waals surface area contributed by atoms with Crippen molar-refractivity contribution in [2.45, 2.75) is 49.6 Å². The molecule has 2 heterocycles. The molecule has 2 aliphatic heterocycles. The fourth-order valence-electron chi connectivity index (χ4n) is 4.17. The summed E-state index contributed by atoms with van der Waals surface area (Å²) in [4.78, 5) is 11.5. The molecule has 0 aliphatic carbocycles. The number of carbonyl (C=O) groups excluding carboxylic acids is 1. The van der Waals surface area contributed by atoms with E-state index in [4.69, 9.17) is 9.47 Å². The van der Waals surface area contributed by atoms with Crippen molar-refractivity contribution in [1.82, 2.24) is 10.6 Å². The first-order valence-corrected chi connectivity index (χ1v) is 10.1. The molecular weight excluding hydrogens is 454 g/mol. The molecule has 1 amide bonds. The van der Waals surface area contributed by atoms with E-state index in [0.717, 1.165) is 5.56 Å². The summed E-state index contributed by atoms with van der Waals surface area (Å²) in [6.07, 6.45) is -12.2. The molecule has 33 heavy (non-hydrogen) atoms. The van der Waals surface area contributed by atoms with Gasteiger partial charge in [-0.2, -0.15) is 26.3 Å². The van der Waals surface area contributed by atoms with Crippen LogP contribution in [0.25, 0.3) is 0 Å². The molecule has 1 unspecified atom stereocenters. The SMILES string of the molecule is C[C@@H](OC[C@@]1(c2ccccc2)C[C@H]2OC(=O)NC2N1)c1cc(C(F)(F)F)cc(C(F)(F)F)c1. The number of nitrogens with one attached hydrogen (secondary N) is 2. The second-order valence-electron chi connectivity index (χ2n) is 8.15.